The summed E-state index contributed by atoms with van der Waals surface area (Å²) in [6.45, 7) is 2.75. The van der Waals surface area contributed by atoms with E-state index in [1.807, 2.05) is 12.1 Å². The zero-order valence-electron chi connectivity index (χ0n) is 18.9. The summed E-state index contributed by atoms with van der Waals surface area (Å²) < 4.78 is 25.9. The fraction of sp³-hybridized carbons (Fsp3) is 0.280. The number of thiazole rings is 1. The van der Waals surface area contributed by atoms with Gasteiger partial charge in [0.05, 0.1) is 18.2 Å². The van der Waals surface area contributed by atoms with Crippen LogP contribution in [0.5, 0.6) is 11.5 Å². The summed E-state index contributed by atoms with van der Waals surface area (Å²) in [4.78, 5) is 29.6. The van der Waals surface area contributed by atoms with E-state index < -0.39 is 5.56 Å². The number of benzene rings is 2. The van der Waals surface area contributed by atoms with Gasteiger partial charge in [0, 0.05) is 6.42 Å². The van der Waals surface area contributed by atoms with E-state index in [1.54, 1.807) is 31.4 Å². The van der Waals surface area contributed by atoms with Gasteiger partial charge in [0.2, 0.25) is 4.96 Å². The molecule has 0 saturated carbocycles. The summed E-state index contributed by atoms with van der Waals surface area (Å²) in [5.41, 5.74) is 0.689. The van der Waals surface area contributed by atoms with Crippen LogP contribution in [0.15, 0.2) is 52.1 Å². The van der Waals surface area contributed by atoms with Gasteiger partial charge in [0.1, 0.15) is 11.5 Å². The van der Waals surface area contributed by atoms with E-state index in [9.17, 15) is 14.0 Å². The molecule has 0 aliphatic rings. The van der Waals surface area contributed by atoms with Crippen LogP contribution >= 0.6 is 11.3 Å². The van der Waals surface area contributed by atoms with E-state index in [0.29, 0.717) is 28.2 Å². The smallest absolute Gasteiger partial charge is 0.296 e. The molecule has 2 heterocycles. The van der Waals surface area contributed by atoms with Crippen LogP contribution in [0.4, 0.5) is 4.39 Å². The molecule has 0 atom stereocenters. The Labute approximate surface area is 199 Å². The lowest BCUT2D eigenvalue weighted by Gasteiger charge is -2.11. The van der Waals surface area contributed by atoms with Crippen LogP contribution in [0.1, 0.15) is 43.0 Å². The fourth-order valence-electron chi connectivity index (χ4n) is 3.43. The van der Waals surface area contributed by atoms with Crippen molar-refractivity contribution in [1.29, 1.82) is 0 Å². The van der Waals surface area contributed by atoms with E-state index in [1.165, 1.54) is 12.1 Å². The molecule has 4 aromatic rings. The lowest BCUT2D eigenvalue weighted by Crippen LogP contribution is -2.28. The van der Waals surface area contributed by atoms with Crippen molar-refractivity contribution < 1.29 is 13.9 Å². The maximum absolute atomic E-state index is 13.1. The van der Waals surface area contributed by atoms with E-state index in [2.05, 4.69) is 17.0 Å². The summed E-state index contributed by atoms with van der Waals surface area (Å²) in [5.74, 6) is 0.856. The maximum Gasteiger partial charge on any atom is 0.296 e. The topological polar surface area (TPSA) is 82.8 Å². The second-order valence-electron chi connectivity index (χ2n) is 7.74. The van der Waals surface area contributed by atoms with Gasteiger partial charge >= 0.3 is 0 Å². The molecule has 2 aromatic heterocycles. The van der Waals surface area contributed by atoms with Crippen LogP contribution in [0.3, 0.4) is 0 Å². The zero-order valence-corrected chi connectivity index (χ0v) is 19.7. The van der Waals surface area contributed by atoms with Gasteiger partial charge in [0.25, 0.3) is 11.1 Å². The van der Waals surface area contributed by atoms with Crippen LogP contribution in [0.25, 0.3) is 11.0 Å². The Morgan fingerprint density at radius 3 is 2.62 bits per heavy atom. The Kier molecular flexibility index (Phi) is 7.32. The predicted molar refractivity (Wildman–Crippen MR) is 129 cm³/mol. The molecule has 0 N–H and O–H groups in total. The lowest BCUT2D eigenvalue weighted by molar-refractivity contribution is 0.286. The molecule has 0 amide bonds. The van der Waals surface area contributed by atoms with Gasteiger partial charge in [-0.15, -0.1) is 0 Å². The highest BCUT2D eigenvalue weighted by atomic mass is 32.1. The van der Waals surface area contributed by atoms with E-state index in [0.717, 1.165) is 40.7 Å². The van der Waals surface area contributed by atoms with Gasteiger partial charge < -0.3 is 9.47 Å². The average molecular weight is 482 g/mol. The molecule has 0 aliphatic heterocycles. The van der Waals surface area contributed by atoms with Crippen LogP contribution < -0.4 is 25.1 Å². The molecular weight excluding hydrogens is 457 g/mol. The monoisotopic (exact) mass is 481 g/mol. The molecule has 0 aliphatic carbocycles. The van der Waals surface area contributed by atoms with Crippen molar-refractivity contribution in [2.45, 2.75) is 32.6 Å². The third kappa shape index (κ3) is 5.31. The standard InChI is InChI=1S/C25H24FN3O4S/c1-3-4-5-12-33-20-11-8-17(14-21(20)32-2)15-22-24(31)29-25(34-22)27-23(30)19(28-29)13-16-6-9-18(26)10-7-16/h6-11,14-15H,3-5,12-13H2,1-2H3/b22-15-. The first-order valence-corrected chi connectivity index (χ1v) is 11.8. The number of halogens is 1. The van der Waals surface area contributed by atoms with Gasteiger partial charge in [-0.05, 0) is 47.9 Å². The molecule has 4 rings (SSSR count). The summed E-state index contributed by atoms with van der Waals surface area (Å²) >= 11 is 1.09. The highest BCUT2D eigenvalue weighted by Gasteiger charge is 2.12. The maximum atomic E-state index is 13.1. The normalized spacial score (nSPS) is 11.8. The SMILES string of the molecule is CCCCCOc1ccc(/C=c2\sc3nc(=O)c(Cc4ccc(F)cc4)nn3c2=O)cc1OC. The number of nitrogens with zero attached hydrogens (tertiary/aromatic N) is 3. The van der Waals surface area contributed by atoms with Gasteiger partial charge in [-0.25, -0.2) is 4.39 Å². The molecule has 34 heavy (non-hydrogen) atoms. The van der Waals surface area contributed by atoms with Gasteiger partial charge in [-0.2, -0.15) is 14.6 Å². The largest absolute Gasteiger partial charge is 0.493 e. The minimum Gasteiger partial charge on any atom is -0.493 e. The first kappa shape index (κ1) is 23.6. The van der Waals surface area contributed by atoms with Crippen LogP contribution in [-0.4, -0.2) is 28.3 Å². The minimum absolute atomic E-state index is 0.122. The Bertz CT molecular complexity index is 1460. The Hall–Kier alpha value is -3.59. The number of methoxy groups -OCH3 is 1. The second kappa shape index (κ2) is 10.6. The van der Waals surface area contributed by atoms with Crippen LogP contribution in [0.2, 0.25) is 0 Å². The van der Waals surface area contributed by atoms with Crippen molar-refractivity contribution in [3.8, 4) is 11.5 Å². The van der Waals surface area contributed by atoms with Crippen molar-refractivity contribution in [3.63, 3.8) is 0 Å². The molecule has 0 saturated heterocycles. The van der Waals surface area contributed by atoms with Crippen molar-refractivity contribution in [2.75, 3.05) is 13.7 Å². The zero-order chi connectivity index (χ0) is 24.1. The summed E-state index contributed by atoms with van der Waals surface area (Å²) in [6, 6.07) is 11.2. The molecule has 176 valence electrons. The molecular formula is C25H24FN3O4S. The fourth-order valence-corrected chi connectivity index (χ4v) is 4.33. The van der Waals surface area contributed by atoms with E-state index >= 15 is 0 Å². The lowest BCUT2D eigenvalue weighted by atomic mass is 10.1. The second-order valence-corrected chi connectivity index (χ2v) is 8.75. The molecule has 0 radical (unpaired) electrons. The predicted octanol–water partition coefficient (Wildman–Crippen LogP) is 3.37. The summed E-state index contributed by atoms with van der Waals surface area (Å²) in [7, 11) is 1.57. The van der Waals surface area contributed by atoms with Crippen molar-refractivity contribution in [1.82, 2.24) is 14.6 Å². The van der Waals surface area contributed by atoms with Crippen molar-refractivity contribution >= 4 is 22.4 Å². The number of hydrogen-bond acceptors (Lipinski definition) is 7. The third-order valence-electron chi connectivity index (χ3n) is 5.23. The van der Waals surface area contributed by atoms with Gasteiger partial charge in [0.15, 0.2) is 11.5 Å². The summed E-state index contributed by atoms with van der Waals surface area (Å²) in [5, 5.41) is 4.23. The Morgan fingerprint density at radius 2 is 1.88 bits per heavy atom. The first-order chi connectivity index (χ1) is 16.5. The van der Waals surface area contributed by atoms with Crippen molar-refractivity contribution in [3.05, 3.63) is 90.3 Å². The molecule has 0 unspecified atom stereocenters. The number of rotatable bonds is 9. The molecule has 0 bridgehead atoms. The number of ether oxygens (including phenoxy) is 2. The number of hydrogen-bond donors (Lipinski definition) is 0. The number of unbranched alkanes of at least 4 members (excludes halogenated alkanes) is 2. The molecule has 9 heteroatoms. The third-order valence-corrected chi connectivity index (χ3v) is 6.19. The van der Waals surface area contributed by atoms with Crippen LogP contribution in [-0.2, 0) is 6.42 Å². The Morgan fingerprint density at radius 1 is 1.09 bits per heavy atom. The molecule has 0 spiro atoms. The summed E-state index contributed by atoms with van der Waals surface area (Å²) in [6.07, 6.45) is 5.04. The highest BCUT2D eigenvalue weighted by Crippen LogP contribution is 2.28. The van der Waals surface area contributed by atoms with Crippen LogP contribution in [0, 0.1) is 5.82 Å². The minimum atomic E-state index is -0.511. The van der Waals surface area contributed by atoms with Gasteiger partial charge in [-0.1, -0.05) is 49.3 Å². The number of aromatic nitrogens is 3. The average Bonchev–Trinajstić information content (AvgIpc) is 3.13. The quantitative estimate of drug-likeness (QED) is 0.341. The highest BCUT2D eigenvalue weighted by molar-refractivity contribution is 7.15. The van der Waals surface area contributed by atoms with Gasteiger partial charge in [-0.3, -0.25) is 9.59 Å². The van der Waals surface area contributed by atoms with Crippen molar-refractivity contribution in [2.24, 2.45) is 0 Å². The molecule has 7 nitrogen and oxygen atoms in total. The Balaban J connectivity index is 1.64. The molecule has 2 aromatic carbocycles. The number of fused-ring (bicyclic) bond motifs is 1. The first-order valence-electron chi connectivity index (χ1n) is 11.0. The van der Waals surface area contributed by atoms with E-state index in [4.69, 9.17) is 9.47 Å². The van der Waals surface area contributed by atoms with E-state index in [-0.39, 0.29) is 28.5 Å². The molecule has 0 fully saturated rings.